The molecule has 0 aliphatic heterocycles. The molecule has 0 radical (unpaired) electrons. The maximum atomic E-state index is 6.18. The van der Waals surface area contributed by atoms with Crippen LogP contribution in [0.5, 0.6) is 5.75 Å². The van der Waals surface area contributed by atoms with Crippen molar-refractivity contribution < 1.29 is 4.74 Å². The molecule has 2 aromatic rings. The highest BCUT2D eigenvalue weighted by atomic mass is 35.5. The number of rotatable bonds is 6. The molecule has 120 valence electrons. The maximum absolute atomic E-state index is 6.18. The predicted molar refractivity (Wildman–Crippen MR) is 96.9 cm³/mol. The Hall–Kier alpha value is -0.640. The van der Waals surface area contributed by atoms with E-state index in [-0.39, 0.29) is 12.4 Å². The summed E-state index contributed by atoms with van der Waals surface area (Å²) in [4.78, 5) is 0. The summed E-state index contributed by atoms with van der Waals surface area (Å²) in [5.74, 6) is 0.676. The first-order valence-electron chi connectivity index (χ1n) is 6.66. The van der Waals surface area contributed by atoms with Crippen molar-refractivity contribution in [2.75, 3.05) is 6.61 Å². The van der Waals surface area contributed by atoms with Crippen LogP contribution in [0, 0.1) is 0 Å². The van der Waals surface area contributed by atoms with Gasteiger partial charge in [0.25, 0.3) is 0 Å². The fourth-order valence-electron chi connectivity index (χ4n) is 2.02. The van der Waals surface area contributed by atoms with Crippen molar-refractivity contribution in [2.24, 2.45) is 0 Å². The summed E-state index contributed by atoms with van der Waals surface area (Å²) in [7, 11) is 0. The minimum Gasteiger partial charge on any atom is -0.492 e. The first kappa shape index (κ1) is 19.4. The molecule has 6 heteroatoms. The van der Waals surface area contributed by atoms with Crippen molar-refractivity contribution >= 4 is 47.2 Å². The second kappa shape index (κ2) is 9.49. The van der Waals surface area contributed by atoms with E-state index in [9.17, 15) is 0 Å². The molecule has 0 heterocycles. The Bertz CT molecular complexity index is 619. The Morgan fingerprint density at radius 3 is 2.32 bits per heavy atom. The number of halogens is 4. The fourth-order valence-corrected chi connectivity index (χ4v) is 2.82. The van der Waals surface area contributed by atoms with E-state index in [2.05, 4.69) is 5.32 Å². The number of hydrogen-bond donors (Lipinski definition) is 1. The molecule has 0 saturated heterocycles. The first-order valence-corrected chi connectivity index (χ1v) is 7.80. The van der Waals surface area contributed by atoms with E-state index in [1.165, 1.54) is 0 Å². The minimum atomic E-state index is 0. The van der Waals surface area contributed by atoms with Crippen molar-refractivity contribution in [3.8, 4) is 5.75 Å². The van der Waals surface area contributed by atoms with Crippen LogP contribution in [0.4, 0.5) is 0 Å². The van der Waals surface area contributed by atoms with Crippen molar-refractivity contribution in [3.05, 3.63) is 62.6 Å². The van der Waals surface area contributed by atoms with E-state index < -0.39 is 0 Å². The second-order valence-electron chi connectivity index (χ2n) is 4.50. The zero-order chi connectivity index (χ0) is 15.2. The van der Waals surface area contributed by atoms with Gasteiger partial charge in [0.15, 0.2) is 0 Å². The van der Waals surface area contributed by atoms with Crippen molar-refractivity contribution in [1.29, 1.82) is 0 Å². The average molecular weight is 381 g/mol. The Labute approximate surface area is 152 Å². The van der Waals surface area contributed by atoms with Crippen LogP contribution < -0.4 is 10.1 Å². The largest absolute Gasteiger partial charge is 0.492 e. The van der Waals surface area contributed by atoms with E-state index in [1.807, 2.05) is 37.3 Å². The third-order valence-corrected chi connectivity index (χ3v) is 3.83. The second-order valence-corrected chi connectivity index (χ2v) is 5.75. The van der Waals surface area contributed by atoms with Crippen LogP contribution in [-0.2, 0) is 13.1 Å². The molecule has 0 saturated carbocycles. The lowest BCUT2D eigenvalue weighted by molar-refractivity contribution is 0.335. The highest BCUT2D eigenvalue weighted by molar-refractivity contribution is 6.35. The van der Waals surface area contributed by atoms with Gasteiger partial charge in [-0.1, -0.05) is 53.0 Å². The van der Waals surface area contributed by atoms with Crippen LogP contribution in [-0.4, -0.2) is 6.61 Å². The van der Waals surface area contributed by atoms with Gasteiger partial charge in [0.1, 0.15) is 5.75 Å². The predicted octanol–water partition coefficient (Wildman–Crippen LogP) is 5.76. The molecule has 0 unspecified atom stereocenters. The zero-order valence-corrected chi connectivity index (χ0v) is 15.1. The van der Waals surface area contributed by atoms with E-state index >= 15 is 0 Å². The van der Waals surface area contributed by atoms with Gasteiger partial charge in [-0.3, -0.25) is 0 Å². The van der Waals surface area contributed by atoms with E-state index in [1.54, 1.807) is 6.07 Å². The molecule has 0 aromatic heterocycles. The van der Waals surface area contributed by atoms with Crippen molar-refractivity contribution in [3.63, 3.8) is 0 Å². The summed E-state index contributed by atoms with van der Waals surface area (Å²) < 4.78 is 5.59. The summed E-state index contributed by atoms with van der Waals surface area (Å²) in [6, 6.07) is 11.3. The Morgan fingerprint density at radius 1 is 0.955 bits per heavy atom. The number of nitrogens with one attached hydrogen (secondary N) is 1. The Balaban J connectivity index is 0.00000242. The van der Waals surface area contributed by atoms with Crippen LogP contribution in [0.15, 0.2) is 36.4 Å². The lowest BCUT2D eigenvalue weighted by atomic mass is 10.2. The molecule has 0 aliphatic rings. The molecule has 2 aromatic carbocycles. The molecule has 22 heavy (non-hydrogen) atoms. The van der Waals surface area contributed by atoms with Gasteiger partial charge in [0.05, 0.1) is 11.6 Å². The van der Waals surface area contributed by atoms with Gasteiger partial charge in [-0.15, -0.1) is 12.4 Å². The van der Waals surface area contributed by atoms with E-state index in [0.29, 0.717) is 35.5 Å². The number of benzene rings is 2. The quantitative estimate of drug-likeness (QED) is 0.687. The monoisotopic (exact) mass is 379 g/mol. The van der Waals surface area contributed by atoms with Gasteiger partial charge in [0.2, 0.25) is 0 Å². The number of hydrogen-bond acceptors (Lipinski definition) is 2. The van der Waals surface area contributed by atoms with Crippen molar-refractivity contribution in [1.82, 2.24) is 5.32 Å². The fraction of sp³-hybridized carbons (Fsp3) is 0.250. The third kappa shape index (κ3) is 5.22. The van der Waals surface area contributed by atoms with Gasteiger partial charge in [0, 0.05) is 28.7 Å². The average Bonchev–Trinajstić information content (AvgIpc) is 2.44. The first-order chi connectivity index (χ1) is 10.1. The van der Waals surface area contributed by atoms with E-state index in [0.717, 1.165) is 16.1 Å². The molecule has 0 spiro atoms. The van der Waals surface area contributed by atoms with Crippen LogP contribution in [0.3, 0.4) is 0 Å². The molecular formula is C16H17Cl4NO. The molecule has 0 amide bonds. The van der Waals surface area contributed by atoms with Crippen LogP contribution in [0.25, 0.3) is 0 Å². The van der Waals surface area contributed by atoms with Crippen molar-refractivity contribution in [2.45, 2.75) is 20.0 Å². The van der Waals surface area contributed by atoms with Gasteiger partial charge < -0.3 is 10.1 Å². The summed E-state index contributed by atoms with van der Waals surface area (Å²) in [6.07, 6.45) is 0. The summed E-state index contributed by atoms with van der Waals surface area (Å²) >= 11 is 18.4. The molecule has 1 N–H and O–H groups in total. The van der Waals surface area contributed by atoms with Gasteiger partial charge in [-0.05, 0) is 30.7 Å². The molecule has 0 atom stereocenters. The normalized spacial score (nSPS) is 10.2. The highest BCUT2D eigenvalue weighted by Gasteiger charge is 2.10. The minimum absolute atomic E-state index is 0. The van der Waals surface area contributed by atoms with E-state index in [4.69, 9.17) is 39.5 Å². The lowest BCUT2D eigenvalue weighted by Crippen LogP contribution is -2.14. The maximum Gasteiger partial charge on any atom is 0.142 e. The van der Waals surface area contributed by atoms with Crippen LogP contribution >= 0.6 is 47.2 Å². The third-order valence-electron chi connectivity index (χ3n) is 2.96. The zero-order valence-electron chi connectivity index (χ0n) is 12.0. The van der Waals surface area contributed by atoms with Gasteiger partial charge >= 0.3 is 0 Å². The van der Waals surface area contributed by atoms with Gasteiger partial charge in [-0.25, -0.2) is 0 Å². The summed E-state index contributed by atoms with van der Waals surface area (Å²) in [5, 5.41) is 5.20. The molecular weight excluding hydrogens is 364 g/mol. The molecule has 2 nitrogen and oxygen atoms in total. The highest BCUT2D eigenvalue weighted by Crippen LogP contribution is 2.32. The smallest absolute Gasteiger partial charge is 0.142 e. The standard InChI is InChI=1S/C16H16Cl3NO.ClH/c1-2-21-16-12(7-13(17)8-15(16)19)10-20-9-11-5-3-4-6-14(11)18;/h3-8,20H,2,9-10H2,1H3;1H. The lowest BCUT2D eigenvalue weighted by Gasteiger charge is -2.14. The number of ether oxygens (including phenoxy) is 1. The molecule has 0 aliphatic carbocycles. The SMILES string of the molecule is CCOc1c(Cl)cc(Cl)cc1CNCc1ccccc1Cl.Cl. The molecule has 0 bridgehead atoms. The topological polar surface area (TPSA) is 21.3 Å². The van der Waals surface area contributed by atoms with Crippen LogP contribution in [0.2, 0.25) is 15.1 Å². The van der Waals surface area contributed by atoms with Gasteiger partial charge in [-0.2, -0.15) is 0 Å². The molecule has 2 rings (SSSR count). The summed E-state index contributed by atoms with van der Waals surface area (Å²) in [5.41, 5.74) is 1.98. The Morgan fingerprint density at radius 2 is 1.64 bits per heavy atom. The van der Waals surface area contributed by atoms with Crippen LogP contribution in [0.1, 0.15) is 18.1 Å². The molecule has 0 fully saturated rings. The Kier molecular flexibility index (Phi) is 8.37. The summed E-state index contributed by atoms with van der Waals surface area (Å²) in [6.45, 7) is 3.74.